The van der Waals surface area contributed by atoms with Crippen LogP contribution in [0.3, 0.4) is 0 Å². The number of aryl methyl sites for hydroxylation is 1. The molecule has 0 saturated heterocycles. The molecule has 38 heavy (non-hydrogen) atoms. The molecule has 10 nitrogen and oxygen atoms in total. The van der Waals surface area contributed by atoms with Crippen LogP contribution in [0.4, 0.5) is 5.69 Å². The van der Waals surface area contributed by atoms with Gasteiger partial charge >= 0.3 is 11.8 Å². The molecular weight excluding hydrogens is 488 g/mol. The molecule has 10 heteroatoms. The third kappa shape index (κ3) is 8.09. The lowest BCUT2D eigenvalue weighted by molar-refractivity contribution is -0.139. The van der Waals surface area contributed by atoms with Crippen molar-refractivity contribution in [2.75, 3.05) is 32.7 Å². The van der Waals surface area contributed by atoms with Crippen LogP contribution in [-0.4, -0.2) is 51.3 Å². The second-order valence-corrected chi connectivity index (χ2v) is 8.08. The largest absolute Gasteiger partial charge is 0.493 e. The van der Waals surface area contributed by atoms with E-state index in [4.69, 9.17) is 14.2 Å². The molecule has 3 N–H and O–H groups in total. The standard InChI is InChI=1S/C28H30N4O6/c1-19-8-4-6-10-22(19)31-26(33)18-38-23-11-7-5-9-21(23)17-30-32-28(35)27(34)29-15-14-20-12-13-24(36-2)25(16-20)37-3/h4-13,16-17H,14-15,18H2,1-3H3,(H,29,34)(H,31,33)(H,32,35)/b30-17-. The first kappa shape index (κ1) is 27.7. The Kier molecular flexibility index (Phi) is 10.2. The number of hydrazone groups is 1. The summed E-state index contributed by atoms with van der Waals surface area (Å²) in [5.41, 5.74) is 5.27. The molecular formula is C28H30N4O6. The molecule has 0 radical (unpaired) electrons. The Morgan fingerprint density at radius 3 is 2.37 bits per heavy atom. The number of anilines is 1. The lowest BCUT2D eigenvalue weighted by Crippen LogP contribution is -2.38. The average molecular weight is 519 g/mol. The van der Waals surface area contributed by atoms with Gasteiger partial charge in [-0.05, 0) is 54.8 Å². The fraction of sp³-hybridized carbons (Fsp3) is 0.214. The molecule has 3 aromatic rings. The average Bonchev–Trinajstić information content (AvgIpc) is 2.93. The van der Waals surface area contributed by atoms with Gasteiger partial charge in [-0.3, -0.25) is 14.4 Å². The number of carbonyl (C=O) groups excluding carboxylic acids is 3. The SMILES string of the molecule is COc1ccc(CCNC(=O)C(=O)N/N=C\c2ccccc2OCC(=O)Nc2ccccc2C)cc1OC. The number of hydrogen-bond acceptors (Lipinski definition) is 7. The smallest absolute Gasteiger partial charge is 0.329 e. The van der Waals surface area contributed by atoms with Gasteiger partial charge in [-0.25, -0.2) is 5.43 Å². The second kappa shape index (κ2) is 14.0. The molecule has 0 aromatic heterocycles. The van der Waals surface area contributed by atoms with Crippen LogP contribution in [0.5, 0.6) is 17.2 Å². The summed E-state index contributed by atoms with van der Waals surface area (Å²) in [6, 6.07) is 19.7. The third-order valence-electron chi connectivity index (χ3n) is 5.42. The van der Waals surface area contributed by atoms with Gasteiger partial charge in [0.15, 0.2) is 18.1 Å². The van der Waals surface area contributed by atoms with Crippen molar-refractivity contribution >= 4 is 29.6 Å². The van der Waals surface area contributed by atoms with Gasteiger partial charge in [0.2, 0.25) is 0 Å². The molecule has 198 valence electrons. The lowest BCUT2D eigenvalue weighted by Gasteiger charge is -2.11. The highest BCUT2D eigenvalue weighted by Crippen LogP contribution is 2.27. The normalized spacial score (nSPS) is 10.5. The minimum atomic E-state index is -0.912. The van der Waals surface area contributed by atoms with E-state index in [1.54, 1.807) is 50.6 Å². The molecule has 0 heterocycles. The van der Waals surface area contributed by atoms with E-state index >= 15 is 0 Å². The Morgan fingerprint density at radius 2 is 1.61 bits per heavy atom. The van der Waals surface area contributed by atoms with Crippen LogP contribution in [0.25, 0.3) is 0 Å². The van der Waals surface area contributed by atoms with Gasteiger partial charge in [0.25, 0.3) is 5.91 Å². The monoisotopic (exact) mass is 518 g/mol. The number of nitrogens with one attached hydrogen (secondary N) is 3. The van der Waals surface area contributed by atoms with E-state index in [2.05, 4.69) is 21.2 Å². The van der Waals surface area contributed by atoms with E-state index in [1.807, 2.05) is 37.3 Å². The Morgan fingerprint density at radius 1 is 0.868 bits per heavy atom. The Bertz CT molecular complexity index is 1310. The quantitative estimate of drug-likeness (QED) is 0.204. The van der Waals surface area contributed by atoms with Crippen molar-refractivity contribution in [1.29, 1.82) is 0 Å². The van der Waals surface area contributed by atoms with Crippen molar-refractivity contribution in [3.63, 3.8) is 0 Å². The van der Waals surface area contributed by atoms with Crippen molar-refractivity contribution in [3.05, 3.63) is 83.4 Å². The van der Waals surface area contributed by atoms with Gasteiger partial charge in [0.1, 0.15) is 5.75 Å². The summed E-state index contributed by atoms with van der Waals surface area (Å²) in [6.07, 6.45) is 1.83. The summed E-state index contributed by atoms with van der Waals surface area (Å²) >= 11 is 0. The predicted molar refractivity (Wildman–Crippen MR) is 144 cm³/mol. The number of methoxy groups -OCH3 is 2. The van der Waals surface area contributed by atoms with E-state index in [1.165, 1.54) is 6.21 Å². The number of rotatable bonds is 11. The summed E-state index contributed by atoms with van der Waals surface area (Å²) in [4.78, 5) is 36.5. The molecule has 3 rings (SSSR count). The molecule has 0 aliphatic rings. The zero-order chi connectivity index (χ0) is 27.3. The van der Waals surface area contributed by atoms with Crippen LogP contribution >= 0.6 is 0 Å². The molecule has 3 amide bonds. The van der Waals surface area contributed by atoms with Crippen LogP contribution in [-0.2, 0) is 20.8 Å². The predicted octanol–water partition coefficient (Wildman–Crippen LogP) is 2.84. The number of benzene rings is 3. The summed E-state index contributed by atoms with van der Waals surface area (Å²) in [5.74, 6) is -0.465. The first-order valence-electron chi connectivity index (χ1n) is 11.8. The van der Waals surface area contributed by atoms with Crippen molar-refractivity contribution in [2.24, 2.45) is 5.10 Å². The number of ether oxygens (including phenoxy) is 3. The Hall–Kier alpha value is -4.86. The number of para-hydroxylation sites is 2. The fourth-order valence-electron chi connectivity index (χ4n) is 3.41. The highest BCUT2D eigenvalue weighted by Gasteiger charge is 2.13. The minimum Gasteiger partial charge on any atom is -0.493 e. The van der Waals surface area contributed by atoms with E-state index in [9.17, 15) is 14.4 Å². The molecule has 0 spiro atoms. The van der Waals surface area contributed by atoms with Crippen molar-refractivity contribution in [3.8, 4) is 17.2 Å². The van der Waals surface area contributed by atoms with Crippen LogP contribution in [0.2, 0.25) is 0 Å². The summed E-state index contributed by atoms with van der Waals surface area (Å²) in [6.45, 7) is 1.93. The number of hydrogen-bond donors (Lipinski definition) is 3. The molecule has 0 atom stereocenters. The second-order valence-electron chi connectivity index (χ2n) is 8.08. The lowest BCUT2D eigenvalue weighted by atomic mass is 10.1. The van der Waals surface area contributed by atoms with Crippen LogP contribution < -0.4 is 30.3 Å². The molecule has 0 aliphatic heterocycles. The maximum Gasteiger partial charge on any atom is 0.329 e. The maximum atomic E-state index is 12.3. The van der Waals surface area contributed by atoms with E-state index in [0.717, 1.165) is 11.1 Å². The van der Waals surface area contributed by atoms with Crippen molar-refractivity contribution in [1.82, 2.24) is 10.7 Å². The van der Waals surface area contributed by atoms with Gasteiger partial charge in [0, 0.05) is 17.8 Å². The zero-order valence-corrected chi connectivity index (χ0v) is 21.4. The third-order valence-corrected chi connectivity index (χ3v) is 5.42. The van der Waals surface area contributed by atoms with Crippen LogP contribution in [0.1, 0.15) is 16.7 Å². The maximum absolute atomic E-state index is 12.3. The highest BCUT2D eigenvalue weighted by atomic mass is 16.5. The van der Waals surface area contributed by atoms with E-state index < -0.39 is 11.8 Å². The summed E-state index contributed by atoms with van der Waals surface area (Å²) in [7, 11) is 3.10. The first-order valence-corrected chi connectivity index (χ1v) is 11.8. The molecule has 3 aromatic carbocycles. The molecule has 0 unspecified atom stereocenters. The van der Waals surface area contributed by atoms with Gasteiger partial charge in [0.05, 0.1) is 20.4 Å². The summed E-state index contributed by atoms with van der Waals surface area (Å²) < 4.78 is 16.1. The van der Waals surface area contributed by atoms with Gasteiger partial charge < -0.3 is 24.8 Å². The van der Waals surface area contributed by atoms with E-state index in [0.29, 0.717) is 34.9 Å². The number of nitrogens with zero attached hydrogens (tertiary/aromatic N) is 1. The minimum absolute atomic E-state index is 0.214. The zero-order valence-electron chi connectivity index (χ0n) is 21.4. The van der Waals surface area contributed by atoms with Gasteiger partial charge in [-0.1, -0.05) is 36.4 Å². The first-order chi connectivity index (χ1) is 18.4. The Balaban J connectivity index is 1.46. The van der Waals surface area contributed by atoms with Crippen molar-refractivity contribution < 1.29 is 28.6 Å². The number of amides is 3. The highest BCUT2D eigenvalue weighted by molar-refractivity contribution is 6.35. The Labute approximate surface area is 221 Å². The topological polar surface area (TPSA) is 127 Å². The molecule has 0 aliphatic carbocycles. The van der Waals surface area contributed by atoms with E-state index in [-0.39, 0.29) is 19.1 Å². The fourth-order valence-corrected chi connectivity index (χ4v) is 3.41. The molecule has 0 fully saturated rings. The van der Waals surface area contributed by atoms with Gasteiger partial charge in [-0.15, -0.1) is 0 Å². The summed E-state index contributed by atoms with van der Waals surface area (Å²) in [5, 5.41) is 9.19. The van der Waals surface area contributed by atoms with Crippen LogP contribution in [0.15, 0.2) is 71.8 Å². The van der Waals surface area contributed by atoms with Gasteiger partial charge in [-0.2, -0.15) is 5.10 Å². The molecule has 0 bridgehead atoms. The molecule has 0 saturated carbocycles. The number of carbonyl (C=O) groups is 3. The van der Waals surface area contributed by atoms with Crippen LogP contribution in [0, 0.1) is 6.92 Å². The van der Waals surface area contributed by atoms with Crippen molar-refractivity contribution in [2.45, 2.75) is 13.3 Å².